The molecule has 0 saturated heterocycles. The van der Waals surface area contributed by atoms with Gasteiger partial charge in [-0.05, 0) is 41.3 Å². The molecule has 3 aromatic carbocycles. The van der Waals surface area contributed by atoms with Crippen LogP contribution in [-0.2, 0) is 5.41 Å². The van der Waals surface area contributed by atoms with Gasteiger partial charge in [0.1, 0.15) is 0 Å². The number of aromatic amines is 1. The highest BCUT2D eigenvalue weighted by atomic mass is 16.5. The average molecular weight is 430 g/mol. The van der Waals surface area contributed by atoms with Gasteiger partial charge in [0.25, 0.3) is 5.56 Å². The van der Waals surface area contributed by atoms with Crippen molar-refractivity contribution < 1.29 is 4.74 Å². The van der Waals surface area contributed by atoms with Crippen molar-refractivity contribution >= 4 is 0 Å². The van der Waals surface area contributed by atoms with Crippen LogP contribution in [0.5, 0.6) is 11.8 Å². The summed E-state index contributed by atoms with van der Waals surface area (Å²) in [7, 11) is 0. The zero-order chi connectivity index (χ0) is 22.2. The Labute approximate surface area is 189 Å². The molecule has 1 aliphatic heterocycles. The van der Waals surface area contributed by atoms with Crippen molar-refractivity contribution in [2.75, 3.05) is 0 Å². The van der Waals surface area contributed by atoms with Crippen molar-refractivity contribution in [1.29, 1.82) is 0 Å². The lowest BCUT2D eigenvalue weighted by atomic mass is 9.67. The number of ether oxygens (including phenoxy) is 1. The first-order valence-corrected chi connectivity index (χ1v) is 10.8. The summed E-state index contributed by atoms with van der Waals surface area (Å²) in [5.74, 6) is 0.880. The Morgan fingerprint density at radius 1 is 0.848 bits per heavy atom. The van der Waals surface area contributed by atoms with E-state index < -0.39 is 5.41 Å². The number of hydrogen-bond donors (Lipinski definition) is 1. The molecule has 0 unspecified atom stereocenters. The van der Waals surface area contributed by atoms with E-state index in [9.17, 15) is 4.79 Å². The van der Waals surface area contributed by atoms with Crippen LogP contribution in [0.3, 0.4) is 0 Å². The van der Waals surface area contributed by atoms with E-state index in [2.05, 4.69) is 34.2 Å². The van der Waals surface area contributed by atoms with Gasteiger partial charge >= 0.3 is 0 Å². The zero-order valence-electron chi connectivity index (χ0n) is 17.7. The molecule has 1 aliphatic carbocycles. The highest BCUT2D eigenvalue weighted by molar-refractivity contribution is 5.88. The van der Waals surface area contributed by atoms with Crippen LogP contribution in [0.15, 0.2) is 90.0 Å². The van der Waals surface area contributed by atoms with E-state index in [0.29, 0.717) is 17.3 Å². The second-order valence-corrected chi connectivity index (χ2v) is 8.37. The van der Waals surface area contributed by atoms with E-state index in [1.54, 1.807) is 0 Å². The van der Waals surface area contributed by atoms with E-state index in [1.165, 1.54) is 6.33 Å². The number of fused-ring (bicyclic) bond motifs is 9. The van der Waals surface area contributed by atoms with Crippen LogP contribution in [0, 0.1) is 6.92 Å². The van der Waals surface area contributed by atoms with Crippen LogP contribution in [0.25, 0.3) is 16.8 Å². The number of nitrogens with one attached hydrogen (secondary N) is 1. The smallest absolute Gasteiger partial charge is 0.259 e. The Morgan fingerprint density at radius 3 is 2.18 bits per heavy atom. The molecular formula is C27H18N4O2. The lowest BCUT2D eigenvalue weighted by molar-refractivity contribution is 0.388. The van der Waals surface area contributed by atoms with Gasteiger partial charge < -0.3 is 9.72 Å². The maximum atomic E-state index is 13.4. The molecule has 7 rings (SSSR count). The van der Waals surface area contributed by atoms with Crippen molar-refractivity contribution in [3.63, 3.8) is 0 Å². The Bertz CT molecular complexity index is 1590. The number of nitrogens with zero attached hydrogens (tertiary/aromatic N) is 3. The Hall–Kier alpha value is -4.45. The van der Waals surface area contributed by atoms with Crippen LogP contribution >= 0.6 is 0 Å². The first-order chi connectivity index (χ1) is 16.2. The van der Waals surface area contributed by atoms with Gasteiger partial charge in [0.15, 0.2) is 0 Å². The number of H-pyrrole nitrogens is 1. The van der Waals surface area contributed by atoms with Gasteiger partial charge in [0, 0.05) is 0 Å². The van der Waals surface area contributed by atoms with Crippen molar-refractivity contribution in [2.24, 2.45) is 0 Å². The van der Waals surface area contributed by atoms with E-state index in [0.717, 1.165) is 39.2 Å². The van der Waals surface area contributed by atoms with Gasteiger partial charge in [-0.3, -0.25) is 4.79 Å². The van der Waals surface area contributed by atoms with Gasteiger partial charge in [-0.25, -0.2) is 9.67 Å². The molecule has 6 heteroatoms. The van der Waals surface area contributed by atoms with E-state index in [4.69, 9.17) is 9.84 Å². The predicted octanol–water partition coefficient (Wildman–Crippen LogP) is 4.73. The lowest BCUT2D eigenvalue weighted by Gasteiger charge is -2.36. The molecule has 0 saturated carbocycles. The average Bonchev–Trinajstić information content (AvgIpc) is 3.34. The highest BCUT2D eigenvalue weighted by Crippen LogP contribution is 2.61. The lowest BCUT2D eigenvalue weighted by Crippen LogP contribution is -2.38. The first kappa shape index (κ1) is 18.2. The molecule has 0 radical (unpaired) electrons. The Kier molecular flexibility index (Phi) is 3.46. The molecule has 1 spiro atoms. The summed E-state index contributed by atoms with van der Waals surface area (Å²) >= 11 is 0. The molecule has 1 N–H and O–H groups in total. The number of aromatic nitrogens is 4. The molecule has 158 valence electrons. The fourth-order valence-electron chi connectivity index (χ4n) is 5.56. The molecular weight excluding hydrogens is 412 g/mol. The van der Waals surface area contributed by atoms with Crippen molar-refractivity contribution in [1.82, 2.24) is 19.7 Å². The van der Waals surface area contributed by atoms with Crippen molar-refractivity contribution in [3.05, 3.63) is 123 Å². The number of hydrogen-bond acceptors (Lipinski definition) is 4. The van der Waals surface area contributed by atoms with Crippen LogP contribution < -0.4 is 10.3 Å². The predicted molar refractivity (Wildman–Crippen MR) is 124 cm³/mol. The number of benzene rings is 3. The highest BCUT2D eigenvalue weighted by Gasteiger charge is 2.55. The second kappa shape index (κ2) is 6.29. The quantitative estimate of drug-likeness (QED) is 0.409. The molecule has 0 bridgehead atoms. The zero-order valence-corrected chi connectivity index (χ0v) is 17.7. The monoisotopic (exact) mass is 430 g/mol. The maximum Gasteiger partial charge on any atom is 0.259 e. The summed E-state index contributed by atoms with van der Waals surface area (Å²) in [6.07, 6.45) is 1.39. The Balaban J connectivity index is 1.70. The van der Waals surface area contributed by atoms with Crippen LogP contribution in [0.2, 0.25) is 0 Å². The number of aryl methyl sites for hydroxylation is 1. The van der Waals surface area contributed by atoms with Crippen molar-refractivity contribution in [3.8, 4) is 28.6 Å². The fourth-order valence-corrected chi connectivity index (χ4v) is 5.56. The molecule has 6 nitrogen and oxygen atoms in total. The normalized spacial score (nSPS) is 14.2. The largest absolute Gasteiger partial charge is 0.420 e. The molecule has 2 aliphatic rings. The summed E-state index contributed by atoms with van der Waals surface area (Å²) in [4.78, 5) is 20.7. The second-order valence-electron chi connectivity index (χ2n) is 8.37. The summed E-state index contributed by atoms with van der Waals surface area (Å²) in [5.41, 5.74) is 6.21. The minimum atomic E-state index is -0.880. The number of para-hydroxylation sites is 1. The molecule has 3 heterocycles. The van der Waals surface area contributed by atoms with Gasteiger partial charge in [-0.15, -0.1) is 0 Å². The molecule has 0 fully saturated rings. The molecule has 2 aromatic heterocycles. The van der Waals surface area contributed by atoms with E-state index in [1.807, 2.05) is 66.2 Å². The van der Waals surface area contributed by atoms with Gasteiger partial charge in [0.05, 0.1) is 34.3 Å². The minimum Gasteiger partial charge on any atom is -0.420 e. The summed E-state index contributed by atoms with van der Waals surface area (Å²) in [6, 6.07) is 26.4. The summed E-state index contributed by atoms with van der Waals surface area (Å²) < 4.78 is 8.16. The summed E-state index contributed by atoms with van der Waals surface area (Å²) in [6.45, 7) is 1.97. The summed E-state index contributed by atoms with van der Waals surface area (Å²) in [5, 5.41) is 4.89. The van der Waals surface area contributed by atoms with Gasteiger partial charge in [0.2, 0.25) is 11.8 Å². The maximum absolute atomic E-state index is 13.4. The Morgan fingerprint density at radius 2 is 1.48 bits per heavy atom. The minimum absolute atomic E-state index is 0.219. The third-order valence-corrected chi connectivity index (χ3v) is 6.73. The van der Waals surface area contributed by atoms with Gasteiger partial charge in [-0.1, -0.05) is 66.7 Å². The molecule has 0 amide bonds. The molecule has 33 heavy (non-hydrogen) atoms. The standard InChI is InChI=1S/C27H18N4O2/c1-16-22-26(31(30-16)17-9-3-2-4-10-17)33-25-23(24(32)28-15-29-25)27(22)20-13-7-5-11-18(20)19-12-6-8-14-21(19)27/h2-15H,1H3,(H,28,29,32). The number of rotatable bonds is 1. The first-order valence-electron chi connectivity index (χ1n) is 10.8. The van der Waals surface area contributed by atoms with Gasteiger partial charge in [-0.2, -0.15) is 5.10 Å². The van der Waals surface area contributed by atoms with Crippen LogP contribution in [0.4, 0.5) is 0 Å². The van der Waals surface area contributed by atoms with E-state index >= 15 is 0 Å². The van der Waals surface area contributed by atoms with Crippen LogP contribution in [-0.4, -0.2) is 19.7 Å². The molecule has 0 atom stereocenters. The third kappa shape index (κ3) is 2.15. The van der Waals surface area contributed by atoms with Crippen LogP contribution in [0.1, 0.15) is 27.9 Å². The van der Waals surface area contributed by atoms with Crippen molar-refractivity contribution in [2.45, 2.75) is 12.3 Å². The SMILES string of the molecule is Cc1nn(-c2ccccc2)c2c1C1(c3ccccc3-c3ccccc31)c1c(nc[nH]c1=O)O2. The fraction of sp³-hybridized carbons (Fsp3) is 0.0741. The molecule has 5 aromatic rings. The van der Waals surface area contributed by atoms with E-state index in [-0.39, 0.29) is 5.56 Å². The third-order valence-electron chi connectivity index (χ3n) is 6.73. The topological polar surface area (TPSA) is 72.8 Å².